The first-order valence-electron chi connectivity index (χ1n) is 9.15. The molecule has 2 aliphatic rings. The van der Waals surface area contributed by atoms with Gasteiger partial charge in [0.1, 0.15) is 5.76 Å². The van der Waals surface area contributed by atoms with Gasteiger partial charge in [-0.05, 0) is 44.0 Å². The third-order valence-corrected chi connectivity index (χ3v) is 5.27. The van der Waals surface area contributed by atoms with Crippen LogP contribution in [0.1, 0.15) is 35.0 Å². The van der Waals surface area contributed by atoms with E-state index in [0.29, 0.717) is 18.2 Å². The number of benzene rings is 1. The summed E-state index contributed by atoms with van der Waals surface area (Å²) in [6, 6.07) is 10.7. The Balaban J connectivity index is 0.00000131. The lowest BCUT2D eigenvalue weighted by Crippen LogP contribution is -2.35. The summed E-state index contributed by atoms with van der Waals surface area (Å²) in [4.78, 5) is 17.2. The summed E-state index contributed by atoms with van der Waals surface area (Å²) in [6.45, 7) is 6.26. The predicted octanol–water partition coefficient (Wildman–Crippen LogP) is 3.51. The molecule has 1 N–H and O–H groups in total. The molecule has 2 aromatic rings. The highest BCUT2D eigenvalue weighted by Gasteiger charge is 2.29. The van der Waals surface area contributed by atoms with Crippen molar-refractivity contribution in [2.75, 3.05) is 31.1 Å². The van der Waals surface area contributed by atoms with Crippen molar-refractivity contribution in [2.45, 2.75) is 32.4 Å². The second-order valence-corrected chi connectivity index (χ2v) is 6.96. The second-order valence-electron chi connectivity index (χ2n) is 6.96. The number of nitrogens with zero attached hydrogens (tertiary/aromatic N) is 2. The van der Waals surface area contributed by atoms with Crippen LogP contribution in [-0.2, 0) is 13.0 Å². The summed E-state index contributed by atoms with van der Waals surface area (Å²) >= 11 is 0. The maximum atomic E-state index is 13.0. The van der Waals surface area contributed by atoms with Crippen molar-refractivity contribution in [3.05, 3.63) is 53.5 Å². The van der Waals surface area contributed by atoms with E-state index in [4.69, 9.17) is 4.42 Å². The maximum Gasteiger partial charge on any atom is 0.257 e. The second kappa shape index (κ2) is 9.49. The molecular formula is C20H27Cl2N3O2. The molecule has 5 nitrogen and oxygen atoms in total. The molecule has 27 heavy (non-hydrogen) atoms. The molecule has 7 heteroatoms. The topological polar surface area (TPSA) is 48.7 Å². The molecule has 1 amide bonds. The summed E-state index contributed by atoms with van der Waals surface area (Å²) < 4.78 is 5.73. The molecule has 148 valence electrons. The van der Waals surface area contributed by atoms with E-state index in [1.807, 2.05) is 11.0 Å². The Hall–Kier alpha value is -1.69. The number of fused-ring (bicyclic) bond motifs is 1. The fourth-order valence-electron chi connectivity index (χ4n) is 3.90. The minimum Gasteiger partial charge on any atom is -0.467 e. The van der Waals surface area contributed by atoms with Gasteiger partial charge < -0.3 is 19.5 Å². The minimum atomic E-state index is 0. The SMILES string of the molecule is CC1Cc2ccccc2N1Cc1occc1C(=O)N1CCCNCC1.Cl.Cl. The van der Waals surface area contributed by atoms with E-state index in [9.17, 15) is 4.79 Å². The van der Waals surface area contributed by atoms with Gasteiger partial charge in [0, 0.05) is 31.4 Å². The van der Waals surface area contributed by atoms with Gasteiger partial charge in [-0.15, -0.1) is 24.8 Å². The van der Waals surface area contributed by atoms with Gasteiger partial charge in [0.05, 0.1) is 18.4 Å². The number of halogens is 2. The largest absolute Gasteiger partial charge is 0.467 e. The van der Waals surface area contributed by atoms with Gasteiger partial charge in [0.25, 0.3) is 5.91 Å². The van der Waals surface area contributed by atoms with E-state index in [2.05, 4.69) is 41.4 Å². The molecule has 3 heterocycles. The van der Waals surface area contributed by atoms with Crippen LogP contribution in [0.3, 0.4) is 0 Å². The lowest BCUT2D eigenvalue weighted by molar-refractivity contribution is 0.0764. The molecule has 1 aromatic heterocycles. The summed E-state index contributed by atoms with van der Waals surface area (Å²) in [5.74, 6) is 0.860. The van der Waals surface area contributed by atoms with Gasteiger partial charge in [-0.25, -0.2) is 0 Å². The van der Waals surface area contributed by atoms with Crippen molar-refractivity contribution in [2.24, 2.45) is 0 Å². The van der Waals surface area contributed by atoms with Crippen LogP contribution >= 0.6 is 24.8 Å². The van der Waals surface area contributed by atoms with Gasteiger partial charge in [-0.2, -0.15) is 0 Å². The van der Waals surface area contributed by atoms with Crippen LogP contribution in [0, 0.1) is 0 Å². The number of hydrogen-bond acceptors (Lipinski definition) is 4. The summed E-state index contributed by atoms with van der Waals surface area (Å²) in [7, 11) is 0. The first-order chi connectivity index (χ1) is 12.2. The van der Waals surface area contributed by atoms with Gasteiger partial charge in [-0.1, -0.05) is 18.2 Å². The third-order valence-electron chi connectivity index (χ3n) is 5.27. The van der Waals surface area contributed by atoms with E-state index in [-0.39, 0.29) is 30.7 Å². The van der Waals surface area contributed by atoms with Crippen LogP contribution in [0.15, 0.2) is 41.0 Å². The monoisotopic (exact) mass is 411 g/mol. The number of nitrogens with one attached hydrogen (secondary N) is 1. The number of amides is 1. The number of carbonyl (C=O) groups excluding carboxylic acids is 1. The number of rotatable bonds is 3. The number of carbonyl (C=O) groups is 1. The molecule has 1 atom stereocenters. The minimum absolute atomic E-state index is 0. The van der Waals surface area contributed by atoms with Gasteiger partial charge in [-0.3, -0.25) is 4.79 Å². The van der Waals surface area contributed by atoms with Crippen LogP contribution in [0.5, 0.6) is 0 Å². The lowest BCUT2D eigenvalue weighted by atomic mass is 10.1. The summed E-state index contributed by atoms with van der Waals surface area (Å²) in [6.07, 6.45) is 3.68. The lowest BCUT2D eigenvalue weighted by Gasteiger charge is -2.25. The van der Waals surface area contributed by atoms with Crippen LogP contribution in [0.2, 0.25) is 0 Å². The van der Waals surface area contributed by atoms with E-state index >= 15 is 0 Å². The highest BCUT2D eigenvalue weighted by molar-refractivity contribution is 5.95. The fraction of sp³-hybridized carbons (Fsp3) is 0.450. The zero-order valence-electron chi connectivity index (χ0n) is 15.5. The Morgan fingerprint density at radius 3 is 2.85 bits per heavy atom. The summed E-state index contributed by atoms with van der Waals surface area (Å²) in [5.41, 5.74) is 3.33. The molecule has 0 radical (unpaired) electrons. The third kappa shape index (κ3) is 4.42. The number of furan rings is 1. The van der Waals surface area contributed by atoms with Crippen molar-refractivity contribution >= 4 is 36.4 Å². The first kappa shape index (κ1) is 21.6. The summed E-state index contributed by atoms with van der Waals surface area (Å²) in [5, 5.41) is 3.34. The molecule has 1 saturated heterocycles. The van der Waals surface area contributed by atoms with Gasteiger partial charge in [0.15, 0.2) is 0 Å². The highest BCUT2D eigenvalue weighted by atomic mass is 35.5. The van der Waals surface area contributed by atoms with Crippen LogP contribution in [0.25, 0.3) is 0 Å². The van der Waals surface area contributed by atoms with Crippen LogP contribution in [0.4, 0.5) is 5.69 Å². The van der Waals surface area contributed by atoms with Crippen LogP contribution in [-0.4, -0.2) is 43.0 Å². The smallest absolute Gasteiger partial charge is 0.257 e. The molecule has 0 aliphatic carbocycles. The van der Waals surface area contributed by atoms with E-state index < -0.39 is 0 Å². The van der Waals surface area contributed by atoms with Gasteiger partial charge in [0.2, 0.25) is 0 Å². The molecule has 4 rings (SSSR count). The Kier molecular flexibility index (Phi) is 7.59. The van der Waals surface area contributed by atoms with Gasteiger partial charge >= 0.3 is 0 Å². The molecular weight excluding hydrogens is 385 g/mol. The average molecular weight is 412 g/mol. The Morgan fingerprint density at radius 1 is 1.19 bits per heavy atom. The van der Waals surface area contributed by atoms with Crippen molar-refractivity contribution in [3.8, 4) is 0 Å². The van der Waals surface area contributed by atoms with E-state index in [1.54, 1.807) is 6.26 Å². The standard InChI is InChI=1S/C20H25N3O2.2ClH/c1-15-13-16-5-2-3-6-18(16)23(15)14-19-17(7-12-25-19)20(24)22-10-4-8-21-9-11-22;;/h2-3,5-7,12,15,21H,4,8-11,13-14H2,1H3;2*1H. The molecule has 0 bridgehead atoms. The number of para-hydroxylation sites is 1. The molecule has 0 spiro atoms. The zero-order valence-corrected chi connectivity index (χ0v) is 17.2. The Bertz CT molecular complexity index is 757. The number of hydrogen-bond donors (Lipinski definition) is 1. The molecule has 1 aromatic carbocycles. The normalized spacial score (nSPS) is 18.9. The first-order valence-corrected chi connectivity index (χ1v) is 9.15. The molecule has 0 saturated carbocycles. The zero-order chi connectivity index (χ0) is 17.2. The maximum absolute atomic E-state index is 13.0. The highest BCUT2D eigenvalue weighted by Crippen LogP contribution is 2.33. The van der Waals surface area contributed by atoms with Crippen molar-refractivity contribution < 1.29 is 9.21 Å². The van der Waals surface area contributed by atoms with Crippen molar-refractivity contribution in [1.29, 1.82) is 0 Å². The average Bonchev–Trinajstić information content (AvgIpc) is 3.09. The van der Waals surface area contributed by atoms with Crippen molar-refractivity contribution in [1.82, 2.24) is 10.2 Å². The fourth-order valence-corrected chi connectivity index (χ4v) is 3.90. The quantitative estimate of drug-likeness (QED) is 0.839. The molecule has 2 aliphatic heterocycles. The molecule has 1 unspecified atom stereocenters. The number of anilines is 1. The predicted molar refractivity (Wildman–Crippen MR) is 112 cm³/mol. The van der Waals surface area contributed by atoms with E-state index in [1.165, 1.54) is 11.3 Å². The van der Waals surface area contributed by atoms with Crippen LogP contribution < -0.4 is 10.2 Å². The molecule has 1 fully saturated rings. The van der Waals surface area contributed by atoms with Crippen molar-refractivity contribution in [3.63, 3.8) is 0 Å². The van der Waals surface area contributed by atoms with E-state index in [0.717, 1.165) is 44.8 Å². The Labute approximate surface area is 172 Å². The Morgan fingerprint density at radius 2 is 2.00 bits per heavy atom.